The van der Waals surface area contributed by atoms with Gasteiger partial charge in [0.1, 0.15) is 0 Å². The van der Waals surface area contributed by atoms with Crippen LogP contribution < -0.4 is 5.32 Å². The lowest BCUT2D eigenvalue weighted by Crippen LogP contribution is -2.35. The first-order chi connectivity index (χ1) is 9.58. The molecule has 1 aliphatic carbocycles. The second-order valence-corrected chi connectivity index (χ2v) is 6.84. The van der Waals surface area contributed by atoms with Crippen LogP contribution in [0.5, 0.6) is 0 Å². The molecule has 0 atom stereocenters. The van der Waals surface area contributed by atoms with Gasteiger partial charge in [-0.25, -0.2) is 0 Å². The molecule has 0 spiro atoms. The standard InChI is InChI=1S/C15H27NO3S/c1-20-10-6-5-9-16-13(17)11-15(12-14(18)19)7-3-2-4-8-15/h2-12H2,1H3,(H,16,17)(H,18,19). The second kappa shape index (κ2) is 9.27. The van der Waals surface area contributed by atoms with E-state index in [4.69, 9.17) is 5.11 Å². The summed E-state index contributed by atoms with van der Waals surface area (Å²) in [4.78, 5) is 23.1. The maximum Gasteiger partial charge on any atom is 0.303 e. The van der Waals surface area contributed by atoms with E-state index < -0.39 is 5.97 Å². The molecule has 0 saturated heterocycles. The number of hydrogen-bond acceptors (Lipinski definition) is 3. The number of carboxylic acids is 1. The number of carboxylic acid groups (broad SMARTS) is 1. The van der Waals surface area contributed by atoms with Gasteiger partial charge in [0.15, 0.2) is 0 Å². The lowest BCUT2D eigenvalue weighted by Gasteiger charge is -2.35. The van der Waals surface area contributed by atoms with E-state index in [2.05, 4.69) is 11.6 Å². The van der Waals surface area contributed by atoms with Gasteiger partial charge in [-0.05, 0) is 43.1 Å². The summed E-state index contributed by atoms with van der Waals surface area (Å²) in [5.41, 5.74) is -0.298. The van der Waals surface area contributed by atoms with Crippen molar-refractivity contribution in [2.45, 2.75) is 57.8 Å². The Balaban J connectivity index is 2.36. The number of aliphatic carboxylic acids is 1. The predicted octanol–water partition coefficient (Wildman–Crippen LogP) is 3.06. The lowest BCUT2D eigenvalue weighted by molar-refractivity contribution is -0.141. The first-order valence-corrected chi connectivity index (χ1v) is 8.95. The monoisotopic (exact) mass is 301 g/mol. The maximum absolute atomic E-state index is 12.0. The molecule has 1 amide bonds. The second-order valence-electron chi connectivity index (χ2n) is 5.86. The molecule has 1 saturated carbocycles. The van der Waals surface area contributed by atoms with Crippen LogP contribution >= 0.6 is 11.8 Å². The Labute approximate surface area is 126 Å². The summed E-state index contributed by atoms with van der Waals surface area (Å²) in [7, 11) is 0. The summed E-state index contributed by atoms with van der Waals surface area (Å²) in [5, 5.41) is 12.0. The highest BCUT2D eigenvalue weighted by Gasteiger charge is 2.36. The van der Waals surface area contributed by atoms with E-state index in [9.17, 15) is 9.59 Å². The molecule has 1 aliphatic rings. The first-order valence-electron chi connectivity index (χ1n) is 7.55. The van der Waals surface area contributed by atoms with Crippen molar-refractivity contribution in [2.24, 2.45) is 5.41 Å². The van der Waals surface area contributed by atoms with Gasteiger partial charge in [-0.15, -0.1) is 0 Å². The number of rotatable bonds is 9. The fraction of sp³-hybridized carbons (Fsp3) is 0.867. The Morgan fingerprint density at radius 2 is 1.85 bits per heavy atom. The van der Waals surface area contributed by atoms with Crippen LogP contribution in [0.25, 0.3) is 0 Å². The van der Waals surface area contributed by atoms with Crippen LogP contribution in [0.2, 0.25) is 0 Å². The summed E-state index contributed by atoms with van der Waals surface area (Å²) in [6.07, 6.45) is 9.71. The Morgan fingerprint density at radius 3 is 2.45 bits per heavy atom. The van der Waals surface area contributed by atoms with E-state index in [1.807, 2.05) is 11.8 Å². The highest BCUT2D eigenvalue weighted by molar-refractivity contribution is 7.98. The SMILES string of the molecule is CSCCCCNC(=O)CC1(CC(=O)O)CCCCC1. The quantitative estimate of drug-likeness (QED) is 0.642. The van der Waals surface area contributed by atoms with Crippen molar-refractivity contribution in [1.29, 1.82) is 0 Å². The average Bonchev–Trinajstić information content (AvgIpc) is 2.38. The van der Waals surface area contributed by atoms with Gasteiger partial charge in [-0.3, -0.25) is 9.59 Å². The predicted molar refractivity (Wildman–Crippen MR) is 83.0 cm³/mol. The summed E-state index contributed by atoms with van der Waals surface area (Å²) >= 11 is 1.82. The van der Waals surface area contributed by atoms with Crippen molar-refractivity contribution in [3.8, 4) is 0 Å². The molecule has 0 radical (unpaired) electrons. The number of carbonyl (C=O) groups excluding carboxylic acids is 1. The zero-order valence-electron chi connectivity index (χ0n) is 12.5. The van der Waals surface area contributed by atoms with Crippen molar-refractivity contribution >= 4 is 23.6 Å². The first kappa shape index (κ1) is 17.3. The van der Waals surface area contributed by atoms with Crippen LogP contribution in [-0.4, -0.2) is 35.5 Å². The summed E-state index contributed by atoms with van der Waals surface area (Å²) < 4.78 is 0. The fourth-order valence-corrected chi connectivity index (χ4v) is 3.53. The maximum atomic E-state index is 12.0. The van der Waals surface area contributed by atoms with Crippen molar-refractivity contribution in [3.05, 3.63) is 0 Å². The van der Waals surface area contributed by atoms with E-state index >= 15 is 0 Å². The molecule has 0 aliphatic heterocycles. The highest BCUT2D eigenvalue weighted by Crippen LogP contribution is 2.42. The van der Waals surface area contributed by atoms with Gasteiger partial charge in [0.25, 0.3) is 0 Å². The zero-order valence-corrected chi connectivity index (χ0v) is 13.3. The molecular formula is C15H27NO3S. The Kier molecular flexibility index (Phi) is 8.04. The van der Waals surface area contributed by atoms with Crippen LogP contribution in [0.4, 0.5) is 0 Å². The van der Waals surface area contributed by atoms with E-state index in [-0.39, 0.29) is 17.7 Å². The fourth-order valence-electron chi connectivity index (χ4n) is 3.04. The van der Waals surface area contributed by atoms with Gasteiger partial charge in [0.05, 0.1) is 6.42 Å². The third kappa shape index (κ3) is 6.64. The minimum atomic E-state index is -0.778. The van der Waals surface area contributed by atoms with Crippen LogP contribution in [0.15, 0.2) is 0 Å². The molecule has 116 valence electrons. The van der Waals surface area contributed by atoms with E-state index in [0.717, 1.165) is 50.7 Å². The third-order valence-corrected chi connectivity index (χ3v) is 4.77. The average molecular weight is 301 g/mol. The molecule has 20 heavy (non-hydrogen) atoms. The number of unbranched alkanes of at least 4 members (excludes halogenated alkanes) is 1. The van der Waals surface area contributed by atoms with Gasteiger partial charge in [0, 0.05) is 13.0 Å². The molecular weight excluding hydrogens is 274 g/mol. The van der Waals surface area contributed by atoms with Crippen LogP contribution in [0.1, 0.15) is 57.8 Å². The molecule has 0 aromatic rings. The Hall–Kier alpha value is -0.710. The van der Waals surface area contributed by atoms with Crippen molar-refractivity contribution in [3.63, 3.8) is 0 Å². The molecule has 0 heterocycles. The van der Waals surface area contributed by atoms with E-state index in [0.29, 0.717) is 13.0 Å². The summed E-state index contributed by atoms with van der Waals surface area (Å²) in [6, 6.07) is 0. The number of amides is 1. The Morgan fingerprint density at radius 1 is 1.15 bits per heavy atom. The van der Waals surface area contributed by atoms with Gasteiger partial charge >= 0.3 is 5.97 Å². The van der Waals surface area contributed by atoms with Gasteiger partial charge in [0.2, 0.25) is 5.91 Å². The van der Waals surface area contributed by atoms with Gasteiger partial charge < -0.3 is 10.4 Å². The van der Waals surface area contributed by atoms with Crippen LogP contribution in [-0.2, 0) is 9.59 Å². The molecule has 0 unspecified atom stereocenters. The van der Waals surface area contributed by atoms with Crippen LogP contribution in [0, 0.1) is 5.41 Å². The third-order valence-electron chi connectivity index (χ3n) is 4.07. The minimum Gasteiger partial charge on any atom is -0.481 e. The Bertz CT molecular complexity index is 314. The van der Waals surface area contributed by atoms with E-state index in [1.165, 1.54) is 0 Å². The van der Waals surface area contributed by atoms with Crippen molar-refractivity contribution in [1.82, 2.24) is 5.32 Å². The van der Waals surface area contributed by atoms with Crippen molar-refractivity contribution in [2.75, 3.05) is 18.6 Å². The van der Waals surface area contributed by atoms with E-state index in [1.54, 1.807) is 0 Å². The van der Waals surface area contributed by atoms with Crippen molar-refractivity contribution < 1.29 is 14.7 Å². The largest absolute Gasteiger partial charge is 0.481 e. The topological polar surface area (TPSA) is 66.4 Å². The number of thioether (sulfide) groups is 1. The van der Waals surface area contributed by atoms with Crippen LogP contribution in [0.3, 0.4) is 0 Å². The normalized spacial score (nSPS) is 17.6. The smallest absolute Gasteiger partial charge is 0.303 e. The molecule has 5 heteroatoms. The lowest BCUT2D eigenvalue weighted by atomic mass is 9.69. The molecule has 0 bridgehead atoms. The number of carbonyl (C=O) groups is 2. The zero-order chi connectivity index (χ0) is 14.8. The highest BCUT2D eigenvalue weighted by atomic mass is 32.2. The summed E-state index contributed by atoms with van der Waals surface area (Å²) in [6.45, 7) is 0.711. The van der Waals surface area contributed by atoms with Gasteiger partial charge in [-0.2, -0.15) is 11.8 Å². The molecule has 0 aromatic carbocycles. The molecule has 0 aromatic heterocycles. The number of hydrogen-bond donors (Lipinski definition) is 2. The van der Waals surface area contributed by atoms with Gasteiger partial charge in [-0.1, -0.05) is 19.3 Å². The molecule has 1 fully saturated rings. The number of nitrogens with one attached hydrogen (secondary N) is 1. The minimum absolute atomic E-state index is 0.0253. The molecule has 4 nitrogen and oxygen atoms in total. The molecule has 2 N–H and O–H groups in total. The molecule has 1 rings (SSSR count). The summed E-state index contributed by atoms with van der Waals surface area (Å²) in [5.74, 6) is 0.371.